The van der Waals surface area contributed by atoms with Crippen LogP contribution in [0.3, 0.4) is 0 Å². The molecule has 1 heterocycles. The quantitative estimate of drug-likeness (QED) is 0.0918. The van der Waals surface area contributed by atoms with Crippen molar-refractivity contribution >= 4 is 22.9 Å². The van der Waals surface area contributed by atoms with E-state index in [2.05, 4.69) is 91.8 Å². The number of carbonyl (C=O) groups excluding carboxylic acids is 1. The molecule has 0 aliphatic carbocycles. The fourth-order valence-corrected chi connectivity index (χ4v) is 6.15. The van der Waals surface area contributed by atoms with Crippen LogP contribution in [0.25, 0.3) is 0 Å². The Kier molecular flexibility index (Phi) is 17.9. The van der Waals surface area contributed by atoms with Gasteiger partial charge in [-0.3, -0.25) is 4.79 Å². The van der Waals surface area contributed by atoms with Gasteiger partial charge in [0.1, 0.15) is 5.75 Å². The van der Waals surface area contributed by atoms with Gasteiger partial charge in [-0.15, -0.1) is 0 Å². The number of benzene rings is 2. The summed E-state index contributed by atoms with van der Waals surface area (Å²) in [5.41, 5.74) is 6.55. The summed E-state index contributed by atoms with van der Waals surface area (Å²) in [4.78, 5) is 15.0. The SMILES string of the molecule is CCCCCCCCCCCCCCOc1ccc(CN(C(=O)CC)c2ccc(C[n+]3ccsc3)cc2)cc1C(C)(C)C.[Br-]. The first-order valence-corrected chi connectivity index (χ1v) is 17.8. The maximum atomic E-state index is 13.1. The van der Waals surface area contributed by atoms with Gasteiger partial charge in [0.2, 0.25) is 11.4 Å². The number of ether oxygens (including phenoxy) is 1. The summed E-state index contributed by atoms with van der Waals surface area (Å²) in [6.07, 6.45) is 18.7. The lowest BCUT2D eigenvalue weighted by Crippen LogP contribution is -3.00. The maximum Gasteiger partial charge on any atom is 0.227 e. The number of halogens is 1. The van der Waals surface area contributed by atoms with Crippen molar-refractivity contribution in [1.82, 2.24) is 0 Å². The summed E-state index contributed by atoms with van der Waals surface area (Å²) in [7, 11) is 0. The lowest BCUT2D eigenvalue weighted by Gasteiger charge is -2.26. The van der Waals surface area contributed by atoms with Crippen molar-refractivity contribution in [2.75, 3.05) is 11.5 Å². The maximum absolute atomic E-state index is 13.1. The molecule has 0 aliphatic heterocycles. The molecule has 0 fully saturated rings. The van der Waals surface area contributed by atoms with Crippen molar-refractivity contribution in [3.05, 3.63) is 76.2 Å². The number of hydrogen-bond donors (Lipinski definition) is 0. The Morgan fingerprint density at radius 3 is 1.95 bits per heavy atom. The second-order valence-corrected chi connectivity index (χ2v) is 13.8. The van der Waals surface area contributed by atoms with Crippen LogP contribution in [-0.2, 0) is 23.3 Å². The molecule has 0 spiro atoms. The molecule has 0 aliphatic rings. The minimum Gasteiger partial charge on any atom is -1.00 e. The molecule has 0 saturated heterocycles. The van der Waals surface area contributed by atoms with Gasteiger partial charge in [0.15, 0.2) is 12.7 Å². The van der Waals surface area contributed by atoms with Crippen molar-refractivity contribution in [3.63, 3.8) is 0 Å². The van der Waals surface area contributed by atoms with E-state index in [-0.39, 0.29) is 28.3 Å². The molecule has 44 heavy (non-hydrogen) atoms. The largest absolute Gasteiger partial charge is 1.00 e. The normalized spacial score (nSPS) is 11.3. The fraction of sp³-hybridized carbons (Fsp3) is 0.579. The highest BCUT2D eigenvalue weighted by Crippen LogP contribution is 2.33. The van der Waals surface area contributed by atoms with E-state index < -0.39 is 0 Å². The second-order valence-electron chi connectivity index (χ2n) is 13.0. The molecule has 0 saturated carbocycles. The van der Waals surface area contributed by atoms with Crippen LogP contribution in [0.4, 0.5) is 5.69 Å². The zero-order valence-corrected chi connectivity index (χ0v) is 30.5. The third-order valence-electron chi connectivity index (χ3n) is 8.19. The lowest BCUT2D eigenvalue weighted by molar-refractivity contribution is -0.683. The predicted octanol–water partition coefficient (Wildman–Crippen LogP) is 7.41. The average molecular weight is 686 g/mol. The molecular weight excluding hydrogens is 628 g/mol. The minimum atomic E-state index is -0.0531. The first-order chi connectivity index (χ1) is 20.8. The van der Waals surface area contributed by atoms with Gasteiger partial charge in [0.25, 0.3) is 0 Å². The number of amides is 1. The topological polar surface area (TPSA) is 33.4 Å². The van der Waals surface area contributed by atoms with Gasteiger partial charge in [0, 0.05) is 17.7 Å². The number of rotatable bonds is 20. The number of nitrogens with zero attached hydrogens (tertiary/aromatic N) is 2. The van der Waals surface area contributed by atoms with Crippen LogP contribution < -0.4 is 31.2 Å². The Hall–Kier alpha value is -2.18. The van der Waals surface area contributed by atoms with Gasteiger partial charge < -0.3 is 26.6 Å². The van der Waals surface area contributed by atoms with Crippen LogP contribution in [-0.4, -0.2) is 12.5 Å². The van der Waals surface area contributed by atoms with Crippen LogP contribution in [0, 0.1) is 0 Å². The summed E-state index contributed by atoms with van der Waals surface area (Å²) in [6, 6.07) is 14.9. The summed E-state index contributed by atoms with van der Waals surface area (Å²) < 4.78 is 8.51. The summed E-state index contributed by atoms with van der Waals surface area (Å²) >= 11 is 1.69. The Morgan fingerprint density at radius 1 is 0.818 bits per heavy atom. The number of aromatic nitrogens is 1. The standard InChI is InChI=1S/C38H57N2O2S.BrH/c1-6-8-9-10-11-12-13-14-15-16-17-18-26-42-36-24-21-33(28-35(36)38(3,4)5)30-40(37(41)7-2)34-22-19-32(20-23-34)29-39-25-27-43-31-39;/h19-25,27-28,31H,6-18,26,29-30H2,1-5H3;1H/q+1;/p-1. The Balaban J connectivity index is 0.00000675. The van der Waals surface area contributed by atoms with Gasteiger partial charge in [-0.2, -0.15) is 4.57 Å². The highest BCUT2D eigenvalue weighted by atomic mass is 79.9. The highest BCUT2D eigenvalue weighted by molar-refractivity contribution is 7.07. The van der Waals surface area contributed by atoms with Crippen LogP contribution in [0.15, 0.2) is 59.6 Å². The first-order valence-electron chi connectivity index (χ1n) is 16.9. The first kappa shape index (κ1) is 38.0. The van der Waals surface area contributed by atoms with E-state index in [0.29, 0.717) is 13.0 Å². The minimum absolute atomic E-state index is 0. The molecule has 2 aromatic carbocycles. The van der Waals surface area contributed by atoms with Crippen molar-refractivity contribution in [3.8, 4) is 5.75 Å². The van der Waals surface area contributed by atoms with Gasteiger partial charge in [-0.1, -0.05) is 135 Å². The monoisotopic (exact) mass is 684 g/mol. The number of hydrogen-bond acceptors (Lipinski definition) is 3. The van der Waals surface area contributed by atoms with Crippen LogP contribution in [0.2, 0.25) is 0 Å². The fourth-order valence-electron chi connectivity index (χ4n) is 5.55. The van der Waals surface area contributed by atoms with Crippen molar-refractivity contribution < 1.29 is 31.1 Å². The van der Waals surface area contributed by atoms with E-state index in [1.165, 1.54) is 81.8 Å². The van der Waals surface area contributed by atoms with E-state index in [9.17, 15) is 4.79 Å². The summed E-state index contributed by atoms with van der Waals surface area (Å²) in [5.74, 6) is 1.10. The molecule has 0 atom stereocenters. The van der Waals surface area contributed by atoms with Crippen molar-refractivity contribution in [2.24, 2.45) is 0 Å². The Labute approximate surface area is 283 Å². The predicted molar refractivity (Wildman–Crippen MR) is 183 cm³/mol. The summed E-state index contributed by atoms with van der Waals surface area (Å²) in [5, 5.41) is 2.08. The number of unbranched alkanes of at least 4 members (excludes halogenated alkanes) is 11. The van der Waals surface area contributed by atoms with E-state index >= 15 is 0 Å². The number of anilines is 1. The molecule has 3 aromatic rings. The number of carbonyl (C=O) groups is 1. The third kappa shape index (κ3) is 13.4. The highest BCUT2D eigenvalue weighted by Gasteiger charge is 2.22. The molecule has 1 aromatic heterocycles. The molecule has 4 nitrogen and oxygen atoms in total. The molecule has 6 heteroatoms. The van der Waals surface area contributed by atoms with E-state index in [4.69, 9.17) is 4.74 Å². The zero-order valence-electron chi connectivity index (χ0n) is 28.1. The van der Waals surface area contributed by atoms with Crippen molar-refractivity contribution in [1.29, 1.82) is 0 Å². The van der Waals surface area contributed by atoms with Crippen LogP contribution >= 0.6 is 11.3 Å². The average Bonchev–Trinajstić information content (AvgIpc) is 3.51. The van der Waals surface area contributed by atoms with Gasteiger partial charge >= 0.3 is 0 Å². The van der Waals surface area contributed by atoms with E-state index in [1.807, 2.05) is 11.8 Å². The Morgan fingerprint density at radius 2 is 1.41 bits per heavy atom. The number of thiazole rings is 1. The molecule has 1 amide bonds. The molecule has 0 bridgehead atoms. The van der Waals surface area contributed by atoms with Gasteiger partial charge in [-0.05, 0) is 47.2 Å². The van der Waals surface area contributed by atoms with Crippen molar-refractivity contribution in [2.45, 2.75) is 137 Å². The van der Waals surface area contributed by atoms with Gasteiger partial charge in [-0.25, -0.2) is 0 Å². The summed E-state index contributed by atoms with van der Waals surface area (Å²) in [6.45, 7) is 13.1. The van der Waals surface area contributed by atoms with Gasteiger partial charge in [0.05, 0.1) is 18.5 Å². The van der Waals surface area contributed by atoms with E-state index in [1.54, 1.807) is 11.3 Å². The second kappa shape index (κ2) is 20.8. The molecule has 0 radical (unpaired) electrons. The molecular formula is C38H57BrN2O2S. The molecule has 3 rings (SSSR count). The molecule has 0 unspecified atom stereocenters. The smallest absolute Gasteiger partial charge is 0.227 e. The van der Waals surface area contributed by atoms with Crippen LogP contribution in [0.5, 0.6) is 5.75 Å². The molecule has 0 N–H and O–H groups in total. The Bertz CT molecular complexity index is 1190. The van der Waals surface area contributed by atoms with E-state index in [0.717, 1.165) is 36.6 Å². The zero-order chi connectivity index (χ0) is 30.9. The lowest BCUT2D eigenvalue weighted by atomic mass is 9.85. The third-order valence-corrected chi connectivity index (χ3v) is 8.86. The van der Waals surface area contributed by atoms with Crippen LogP contribution in [0.1, 0.15) is 135 Å². The molecule has 244 valence electrons.